The van der Waals surface area contributed by atoms with Gasteiger partial charge in [-0.2, -0.15) is 13.2 Å². The Kier molecular flexibility index (Phi) is 6.79. The van der Waals surface area contributed by atoms with Crippen LogP contribution >= 0.6 is 0 Å². The first kappa shape index (κ1) is 18.2. The van der Waals surface area contributed by atoms with Crippen LogP contribution in [-0.4, -0.2) is 48.3 Å². The third kappa shape index (κ3) is 7.37. The van der Waals surface area contributed by atoms with Gasteiger partial charge in [-0.25, -0.2) is 0 Å². The molecule has 0 spiro atoms. The Bertz CT molecular complexity index is 291. The Hall–Kier alpha value is -0.820. The SMILES string of the molecule is CCOC(=O)C(C)(N)CCN(CC(F)(F)F)C(C)C. The second kappa shape index (κ2) is 7.09. The van der Waals surface area contributed by atoms with E-state index in [1.165, 1.54) is 11.8 Å². The van der Waals surface area contributed by atoms with Crippen LogP contribution in [0, 0.1) is 0 Å². The molecular formula is C12H23F3N2O2. The van der Waals surface area contributed by atoms with Crippen molar-refractivity contribution in [2.45, 2.75) is 51.9 Å². The summed E-state index contributed by atoms with van der Waals surface area (Å²) in [6, 6.07) is -0.278. The van der Waals surface area contributed by atoms with Crippen LogP contribution in [-0.2, 0) is 9.53 Å². The summed E-state index contributed by atoms with van der Waals surface area (Å²) in [5.41, 5.74) is 4.51. The minimum atomic E-state index is -4.26. The van der Waals surface area contributed by atoms with Crippen molar-refractivity contribution in [2.75, 3.05) is 19.7 Å². The molecule has 0 saturated carbocycles. The third-order valence-corrected chi connectivity index (χ3v) is 2.77. The number of nitrogens with zero attached hydrogens (tertiary/aromatic N) is 1. The van der Waals surface area contributed by atoms with Crippen LogP contribution in [0.3, 0.4) is 0 Å². The normalized spacial score (nSPS) is 15.7. The van der Waals surface area contributed by atoms with Crippen molar-refractivity contribution in [1.29, 1.82) is 0 Å². The van der Waals surface area contributed by atoms with Gasteiger partial charge < -0.3 is 10.5 Å². The maximum atomic E-state index is 12.4. The molecule has 0 aliphatic heterocycles. The van der Waals surface area contributed by atoms with E-state index in [0.717, 1.165) is 0 Å². The summed E-state index contributed by atoms with van der Waals surface area (Å²) in [6.45, 7) is 5.73. The number of carbonyl (C=O) groups excluding carboxylic acids is 1. The van der Waals surface area contributed by atoms with Crippen LogP contribution in [0.4, 0.5) is 13.2 Å². The monoisotopic (exact) mass is 284 g/mol. The minimum absolute atomic E-state index is 0.0863. The molecule has 0 aromatic rings. The molecule has 0 heterocycles. The number of ether oxygens (including phenoxy) is 1. The number of esters is 1. The first-order valence-electron chi connectivity index (χ1n) is 6.26. The average molecular weight is 284 g/mol. The van der Waals surface area contributed by atoms with E-state index in [0.29, 0.717) is 0 Å². The first-order chi connectivity index (χ1) is 8.49. The van der Waals surface area contributed by atoms with E-state index in [4.69, 9.17) is 10.5 Å². The van der Waals surface area contributed by atoms with Crippen molar-refractivity contribution in [3.05, 3.63) is 0 Å². The Balaban J connectivity index is 4.51. The summed E-state index contributed by atoms with van der Waals surface area (Å²) in [4.78, 5) is 12.8. The van der Waals surface area contributed by atoms with Crippen LogP contribution in [0.5, 0.6) is 0 Å². The molecule has 0 saturated heterocycles. The number of hydrogen-bond donors (Lipinski definition) is 1. The smallest absolute Gasteiger partial charge is 0.401 e. The molecule has 2 N–H and O–H groups in total. The zero-order valence-electron chi connectivity index (χ0n) is 11.9. The first-order valence-corrected chi connectivity index (χ1v) is 6.26. The molecule has 0 aromatic heterocycles. The molecule has 4 nitrogen and oxygen atoms in total. The molecule has 1 atom stereocenters. The summed E-state index contributed by atoms with van der Waals surface area (Å²) < 4.78 is 42.0. The van der Waals surface area contributed by atoms with Crippen molar-refractivity contribution in [1.82, 2.24) is 4.90 Å². The topological polar surface area (TPSA) is 55.6 Å². The maximum absolute atomic E-state index is 12.4. The van der Waals surface area contributed by atoms with Crippen LogP contribution in [0.2, 0.25) is 0 Å². The number of nitrogens with two attached hydrogens (primary N) is 1. The Morgan fingerprint density at radius 2 is 1.89 bits per heavy atom. The molecule has 19 heavy (non-hydrogen) atoms. The molecule has 0 rings (SSSR count). The lowest BCUT2D eigenvalue weighted by Crippen LogP contribution is -2.50. The molecule has 114 valence electrons. The van der Waals surface area contributed by atoms with Gasteiger partial charge in [0.2, 0.25) is 0 Å². The number of hydrogen-bond acceptors (Lipinski definition) is 4. The molecular weight excluding hydrogens is 261 g/mol. The van der Waals surface area contributed by atoms with E-state index in [2.05, 4.69) is 0 Å². The molecule has 0 aromatic carbocycles. The van der Waals surface area contributed by atoms with Crippen molar-refractivity contribution in [3.8, 4) is 0 Å². The van der Waals surface area contributed by atoms with Gasteiger partial charge in [0.25, 0.3) is 0 Å². The molecule has 7 heteroatoms. The quantitative estimate of drug-likeness (QED) is 0.726. The van der Waals surface area contributed by atoms with Gasteiger partial charge in [-0.3, -0.25) is 9.69 Å². The highest BCUT2D eigenvalue weighted by Crippen LogP contribution is 2.19. The van der Waals surface area contributed by atoms with Crippen LogP contribution < -0.4 is 5.73 Å². The largest absolute Gasteiger partial charge is 0.465 e. The standard InChI is InChI=1S/C12H23F3N2O2/c1-5-19-10(18)11(4,16)6-7-17(9(2)3)8-12(13,14)15/h9H,5-8,16H2,1-4H3. The zero-order valence-corrected chi connectivity index (χ0v) is 11.9. The van der Waals surface area contributed by atoms with Crippen molar-refractivity contribution in [2.24, 2.45) is 5.73 Å². The van der Waals surface area contributed by atoms with Crippen molar-refractivity contribution < 1.29 is 22.7 Å². The summed E-state index contributed by atoms with van der Waals surface area (Å²) in [6.07, 6.45) is -4.15. The molecule has 0 radical (unpaired) electrons. The summed E-state index contributed by atoms with van der Waals surface area (Å²) in [5.74, 6) is -0.592. The van der Waals surface area contributed by atoms with Gasteiger partial charge in [-0.15, -0.1) is 0 Å². The fourth-order valence-electron chi connectivity index (χ4n) is 1.52. The average Bonchev–Trinajstić information content (AvgIpc) is 2.22. The Morgan fingerprint density at radius 1 is 1.37 bits per heavy atom. The van der Waals surface area contributed by atoms with Gasteiger partial charge in [0.15, 0.2) is 0 Å². The molecule has 0 aliphatic carbocycles. The maximum Gasteiger partial charge on any atom is 0.401 e. The lowest BCUT2D eigenvalue weighted by atomic mass is 9.99. The van der Waals surface area contributed by atoms with E-state index < -0.39 is 24.2 Å². The van der Waals surface area contributed by atoms with Crippen LogP contribution in [0.1, 0.15) is 34.1 Å². The summed E-state index contributed by atoms with van der Waals surface area (Å²) in [7, 11) is 0. The molecule has 0 amide bonds. The third-order valence-electron chi connectivity index (χ3n) is 2.77. The Labute approximate surface area is 112 Å². The molecule has 0 aliphatic rings. The number of halogens is 3. The minimum Gasteiger partial charge on any atom is -0.465 e. The van der Waals surface area contributed by atoms with E-state index in [1.54, 1.807) is 20.8 Å². The van der Waals surface area contributed by atoms with Gasteiger partial charge in [0.1, 0.15) is 5.54 Å². The number of rotatable bonds is 7. The molecule has 0 fully saturated rings. The van der Waals surface area contributed by atoms with Gasteiger partial charge >= 0.3 is 12.1 Å². The predicted octanol–water partition coefficient (Wildman–Crippen LogP) is 1.93. The fraction of sp³-hybridized carbons (Fsp3) is 0.917. The number of alkyl halides is 3. The zero-order chi connectivity index (χ0) is 15.3. The van der Waals surface area contributed by atoms with Crippen molar-refractivity contribution in [3.63, 3.8) is 0 Å². The lowest BCUT2D eigenvalue weighted by molar-refractivity contribution is -0.153. The van der Waals surface area contributed by atoms with Gasteiger partial charge in [0, 0.05) is 12.6 Å². The summed E-state index contributed by atoms with van der Waals surface area (Å²) >= 11 is 0. The van der Waals surface area contributed by atoms with E-state index >= 15 is 0 Å². The van der Waals surface area contributed by atoms with E-state index in [-0.39, 0.29) is 25.6 Å². The molecule has 1 unspecified atom stereocenters. The number of carbonyl (C=O) groups is 1. The van der Waals surface area contributed by atoms with Crippen LogP contribution in [0.15, 0.2) is 0 Å². The van der Waals surface area contributed by atoms with Gasteiger partial charge in [0.05, 0.1) is 13.2 Å². The lowest BCUT2D eigenvalue weighted by Gasteiger charge is -2.31. The fourth-order valence-corrected chi connectivity index (χ4v) is 1.52. The highest BCUT2D eigenvalue weighted by Gasteiger charge is 2.35. The Morgan fingerprint density at radius 3 is 2.26 bits per heavy atom. The predicted molar refractivity (Wildman–Crippen MR) is 66.6 cm³/mol. The second-order valence-electron chi connectivity index (χ2n) is 5.07. The molecule has 0 bridgehead atoms. The second-order valence-corrected chi connectivity index (χ2v) is 5.07. The van der Waals surface area contributed by atoms with Gasteiger partial charge in [-0.05, 0) is 34.1 Å². The van der Waals surface area contributed by atoms with E-state index in [9.17, 15) is 18.0 Å². The highest BCUT2D eigenvalue weighted by molar-refractivity contribution is 5.79. The summed E-state index contributed by atoms with van der Waals surface area (Å²) in [5, 5.41) is 0. The van der Waals surface area contributed by atoms with E-state index in [1.807, 2.05) is 0 Å². The van der Waals surface area contributed by atoms with Crippen LogP contribution in [0.25, 0.3) is 0 Å². The van der Waals surface area contributed by atoms with Crippen molar-refractivity contribution >= 4 is 5.97 Å². The van der Waals surface area contributed by atoms with Gasteiger partial charge in [-0.1, -0.05) is 0 Å². The highest BCUT2D eigenvalue weighted by atomic mass is 19.4.